The minimum absolute atomic E-state index is 0.794. The van der Waals surface area contributed by atoms with Crippen LogP contribution in [0.2, 0.25) is 0 Å². The Morgan fingerprint density at radius 1 is 1.12 bits per heavy atom. The van der Waals surface area contributed by atoms with Crippen molar-refractivity contribution < 1.29 is 0 Å². The number of nitrogens with one attached hydrogen (secondary N) is 1. The molecule has 16 heavy (non-hydrogen) atoms. The summed E-state index contributed by atoms with van der Waals surface area (Å²) >= 11 is 0. The second-order valence-electron chi connectivity index (χ2n) is 3.74. The van der Waals surface area contributed by atoms with Crippen molar-refractivity contribution >= 4 is 10.9 Å². The van der Waals surface area contributed by atoms with Crippen molar-refractivity contribution in [2.75, 3.05) is 0 Å². The number of hydrogen-bond acceptors (Lipinski definition) is 2. The predicted octanol–water partition coefficient (Wildman–Crippen LogP) is 2.93. The summed E-state index contributed by atoms with van der Waals surface area (Å²) in [5.41, 5.74) is 3.22. The molecule has 3 rings (SSSR count). The number of H-pyrrole nitrogens is 1. The molecule has 0 atom stereocenters. The number of aromatic amines is 1. The van der Waals surface area contributed by atoms with Crippen LogP contribution < -0.4 is 0 Å². The number of benzene rings is 1. The summed E-state index contributed by atoms with van der Waals surface area (Å²) in [5.74, 6) is 0.794. The van der Waals surface area contributed by atoms with Crippen LogP contribution in [-0.4, -0.2) is 15.0 Å². The quantitative estimate of drug-likeness (QED) is 0.669. The van der Waals surface area contributed by atoms with Gasteiger partial charge >= 0.3 is 0 Å². The molecule has 3 heteroatoms. The Kier molecular flexibility index (Phi) is 1.96. The number of aromatic nitrogens is 3. The van der Waals surface area contributed by atoms with E-state index in [1.807, 2.05) is 31.3 Å². The Hall–Kier alpha value is -2.16. The standard InChI is InChI=1S/C13H11N3/c1-9-14-7-6-13(16-9)11-8-15-12-5-3-2-4-10(11)12/h2-8,15H,1H3. The van der Waals surface area contributed by atoms with Crippen LogP contribution in [0.1, 0.15) is 5.82 Å². The molecule has 78 valence electrons. The zero-order valence-electron chi connectivity index (χ0n) is 8.94. The van der Waals surface area contributed by atoms with Gasteiger partial charge in [-0.2, -0.15) is 0 Å². The van der Waals surface area contributed by atoms with Gasteiger partial charge in [0.25, 0.3) is 0 Å². The molecule has 0 fully saturated rings. The van der Waals surface area contributed by atoms with Crippen molar-refractivity contribution in [1.29, 1.82) is 0 Å². The van der Waals surface area contributed by atoms with Crippen LogP contribution in [-0.2, 0) is 0 Å². The normalized spacial score (nSPS) is 10.8. The Bertz CT molecular complexity index is 640. The van der Waals surface area contributed by atoms with E-state index in [4.69, 9.17) is 0 Å². The third-order valence-electron chi connectivity index (χ3n) is 2.64. The van der Waals surface area contributed by atoms with E-state index in [0.717, 1.165) is 22.6 Å². The topological polar surface area (TPSA) is 41.6 Å². The molecule has 0 aliphatic heterocycles. The highest BCUT2D eigenvalue weighted by molar-refractivity contribution is 5.94. The smallest absolute Gasteiger partial charge is 0.125 e. The lowest BCUT2D eigenvalue weighted by Gasteiger charge is -1.99. The van der Waals surface area contributed by atoms with Crippen LogP contribution in [0.3, 0.4) is 0 Å². The first-order chi connectivity index (χ1) is 7.84. The number of aryl methyl sites for hydroxylation is 1. The van der Waals surface area contributed by atoms with Crippen LogP contribution >= 0.6 is 0 Å². The summed E-state index contributed by atoms with van der Waals surface area (Å²) in [6, 6.07) is 10.1. The molecular weight excluding hydrogens is 198 g/mol. The number of hydrogen-bond donors (Lipinski definition) is 1. The third-order valence-corrected chi connectivity index (χ3v) is 2.64. The maximum Gasteiger partial charge on any atom is 0.125 e. The average Bonchev–Trinajstić information content (AvgIpc) is 2.72. The fraction of sp³-hybridized carbons (Fsp3) is 0.0769. The second kappa shape index (κ2) is 3.45. The van der Waals surface area contributed by atoms with E-state index in [9.17, 15) is 0 Å². The molecule has 3 aromatic rings. The molecule has 0 unspecified atom stereocenters. The summed E-state index contributed by atoms with van der Waals surface area (Å²) in [6.45, 7) is 1.90. The molecule has 1 N–H and O–H groups in total. The highest BCUT2D eigenvalue weighted by Gasteiger charge is 2.06. The van der Waals surface area contributed by atoms with Gasteiger partial charge in [0.15, 0.2) is 0 Å². The summed E-state index contributed by atoms with van der Waals surface area (Å²) in [7, 11) is 0. The Balaban J connectivity index is 2.26. The van der Waals surface area contributed by atoms with Crippen molar-refractivity contribution in [2.45, 2.75) is 6.92 Å². The molecule has 2 heterocycles. The number of para-hydroxylation sites is 1. The van der Waals surface area contributed by atoms with Crippen LogP contribution in [0.5, 0.6) is 0 Å². The molecule has 0 bridgehead atoms. The maximum atomic E-state index is 4.43. The Labute approximate surface area is 93.2 Å². The molecular formula is C13H11N3. The predicted molar refractivity (Wildman–Crippen MR) is 64.1 cm³/mol. The highest BCUT2D eigenvalue weighted by atomic mass is 14.9. The summed E-state index contributed by atoms with van der Waals surface area (Å²) in [6.07, 6.45) is 3.78. The molecule has 0 amide bonds. The van der Waals surface area contributed by atoms with Gasteiger partial charge in [0.05, 0.1) is 5.69 Å². The van der Waals surface area contributed by atoms with Crippen LogP contribution in [0.25, 0.3) is 22.2 Å². The lowest BCUT2D eigenvalue weighted by atomic mass is 10.1. The number of rotatable bonds is 1. The second-order valence-corrected chi connectivity index (χ2v) is 3.74. The van der Waals surface area contributed by atoms with Crippen molar-refractivity contribution in [1.82, 2.24) is 15.0 Å². The molecule has 0 saturated heterocycles. The van der Waals surface area contributed by atoms with Gasteiger partial charge < -0.3 is 4.98 Å². The lowest BCUT2D eigenvalue weighted by molar-refractivity contribution is 1.06. The monoisotopic (exact) mass is 209 g/mol. The van der Waals surface area contributed by atoms with E-state index >= 15 is 0 Å². The van der Waals surface area contributed by atoms with Crippen LogP contribution in [0, 0.1) is 6.92 Å². The van der Waals surface area contributed by atoms with Gasteiger partial charge in [0, 0.05) is 28.9 Å². The van der Waals surface area contributed by atoms with Gasteiger partial charge in [0.1, 0.15) is 5.82 Å². The van der Waals surface area contributed by atoms with Gasteiger partial charge in [-0.25, -0.2) is 9.97 Å². The van der Waals surface area contributed by atoms with Crippen molar-refractivity contribution in [3.8, 4) is 11.3 Å². The summed E-state index contributed by atoms with van der Waals surface area (Å²) in [5, 5.41) is 1.20. The Morgan fingerprint density at radius 2 is 2.00 bits per heavy atom. The summed E-state index contributed by atoms with van der Waals surface area (Å²) < 4.78 is 0. The molecule has 3 nitrogen and oxygen atoms in total. The first kappa shape index (κ1) is 9.09. The van der Waals surface area contributed by atoms with Crippen LogP contribution in [0.15, 0.2) is 42.7 Å². The molecule has 1 aromatic carbocycles. The zero-order chi connectivity index (χ0) is 11.0. The molecule has 0 aliphatic carbocycles. The lowest BCUT2D eigenvalue weighted by Crippen LogP contribution is -1.88. The summed E-state index contributed by atoms with van der Waals surface area (Å²) in [4.78, 5) is 11.8. The molecule has 2 aromatic heterocycles. The van der Waals surface area contributed by atoms with Gasteiger partial charge in [-0.05, 0) is 19.1 Å². The minimum atomic E-state index is 0.794. The van der Waals surface area contributed by atoms with Gasteiger partial charge in [-0.15, -0.1) is 0 Å². The van der Waals surface area contributed by atoms with E-state index in [0.29, 0.717) is 0 Å². The highest BCUT2D eigenvalue weighted by Crippen LogP contribution is 2.26. The van der Waals surface area contributed by atoms with Gasteiger partial charge in [-0.1, -0.05) is 18.2 Å². The van der Waals surface area contributed by atoms with Crippen molar-refractivity contribution in [3.63, 3.8) is 0 Å². The fourth-order valence-corrected chi connectivity index (χ4v) is 1.89. The molecule has 0 radical (unpaired) electrons. The minimum Gasteiger partial charge on any atom is -0.360 e. The number of nitrogens with zero attached hydrogens (tertiary/aromatic N) is 2. The largest absolute Gasteiger partial charge is 0.360 e. The fourth-order valence-electron chi connectivity index (χ4n) is 1.89. The molecule has 0 aliphatic rings. The van der Waals surface area contributed by atoms with Gasteiger partial charge in [0.2, 0.25) is 0 Å². The van der Waals surface area contributed by atoms with Crippen LogP contribution in [0.4, 0.5) is 0 Å². The third kappa shape index (κ3) is 1.37. The van der Waals surface area contributed by atoms with E-state index < -0.39 is 0 Å². The van der Waals surface area contributed by atoms with E-state index in [2.05, 4.69) is 27.1 Å². The van der Waals surface area contributed by atoms with E-state index in [1.54, 1.807) is 6.20 Å². The molecule has 0 spiro atoms. The van der Waals surface area contributed by atoms with Crippen molar-refractivity contribution in [2.24, 2.45) is 0 Å². The van der Waals surface area contributed by atoms with Gasteiger partial charge in [-0.3, -0.25) is 0 Å². The number of fused-ring (bicyclic) bond motifs is 1. The molecule has 0 saturated carbocycles. The first-order valence-electron chi connectivity index (χ1n) is 5.21. The van der Waals surface area contributed by atoms with Crippen molar-refractivity contribution in [3.05, 3.63) is 48.5 Å². The average molecular weight is 209 g/mol. The zero-order valence-corrected chi connectivity index (χ0v) is 8.94. The van der Waals surface area contributed by atoms with E-state index in [1.165, 1.54) is 5.39 Å². The first-order valence-corrected chi connectivity index (χ1v) is 5.21. The SMILES string of the molecule is Cc1nccc(-c2c[nH]c3ccccc23)n1. The maximum absolute atomic E-state index is 4.43. The Morgan fingerprint density at radius 3 is 2.88 bits per heavy atom. The van der Waals surface area contributed by atoms with E-state index in [-0.39, 0.29) is 0 Å².